The molecule has 1 aromatic carbocycles. The number of hydrogen-bond donors (Lipinski definition) is 1. The third-order valence-electron chi connectivity index (χ3n) is 3.16. The van der Waals surface area contributed by atoms with Gasteiger partial charge in [-0.25, -0.2) is 0 Å². The predicted octanol–water partition coefficient (Wildman–Crippen LogP) is 2.09. The number of carboxylic acid groups (broad SMARTS) is 1. The number of carbonyl (C=O) groups is 2. The van der Waals surface area contributed by atoms with Gasteiger partial charge < -0.3 is 10.0 Å². The summed E-state index contributed by atoms with van der Waals surface area (Å²) in [6.07, 6.45) is 0. The van der Waals surface area contributed by atoms with Crippen LogP contribution in [0.4, 0.5) is 5.69 Å². The monoisotopic (exact) mass is 294 g/mol. The number of aryl methyl sites for hydroxylation is 1. The Bertz CT molecular complexity index is 570. The van der Waals surface area contributed by atoms with Crippen molar-refractivity contribution in [1.82, 2.24) is 4.90 Å². The first kappa shape index (κ1) is 16.6. The van der Waals surface area contributed by atoms with Crippen molar-refractivity contribution in [3.63, 3.8) is 0 Å². The van der Waals surface area contributed by atoms with Crippen LogP contribution < -0.4 is 0 Å². The van der Waals surface area contributed by atoms with Gasteiger partial charge in [-0.05, 0) is 25.5 Å². The Morgan fingerprint density at radius 3 is 2.52 bits per heavy atom. The zero-order valence-electron chi connectivity index (χ0n) is 12.2. The fourth-order valence-corrected chi connectivity index (χ4v) is 1.92. The minimum absolute atomic E-state index is 0.00969. The molecule has 7 nitrogen and oxygen atoms in total. The highest BCUT2D eigenvalue weighted by molar-refractivity contribution is 5.98. The number of benzene rings is 1. The maximum atomic E-state index is 12.4. The van der Waals surface area contributed by atoms with Crippen molar-refractivity contribution in [2.24, 2.45) is 5.92 Å². The average Bonchev–Trinajstić information content (AvgIpc) is 2.43. The van der Waals surface area contributed by atoms with Crippen molar-refractivity contribution in [3.8, 4) is 0 Å². The average molecular weight is 294 g/mol. The van der Waals surface area contributed by atoms with Crippen molar-refractivity contribution in [2.45, 2.75) is 20.8 Å². The van der Waals surface area contributed by atoms with Crippen LogP contribution in [0.3, 0.4) is 0 Å². The molecule has 1 N–H and O–H groups in total. The molecule has 0 aliphatic heterocycles. The molecule has 0 bridgehead atoms. The molecule has 21 heavy (non-hydrogen) atoms. The SMILES string of the molecule is CCN(CC(C)C(=O)O)C(=O)c1cc(C)ccc1[N+](=O)[O-]. The smallest absolute Gasteiger partial charge is 0.308 e. The molecule has 1 amide bonds. The van der Waals surface area contributed by atoms with Crippen LogP contribution in [0.1, 0.15) is 29.8 Å². The van der Waals surface area contributed by atoms with E-state index < -0.39 is 22.7 Å². The van der Waals surface area contributed by atoms with Crippen molar-refractivity contribution in [2.75, 3.05) is 13.1 Å². The molecule has 0 aliphatic carbocycles. The molecule has 0 spiro atoms. The molecule has 1 unspecified atom stereocenters. The summed E-state index contributed by atoms with van der Waals surface area (Å²) in [5.41, 5.74) is 0.442. The van der Waals surface area contributed by atoms with Crippen molar-refractivity contribution < 1.29 is 19.6 Å². The van der Waals surface area contributed by atoms with Crippen LogP contribution in [0.25, 0.3) is 0 Å². The Morgan fingerprint density at radius 1 is 1.43 bits per heavy atom. The Morgan fingerprint density at radius 2 is 2.05 bits per heavy atom. The van der Waals surface area contributed by atoms with E-state index in [1.54, 1.807) is 19.9 Å². The first-order valence-electron chi connectivity index (χ1n) is 6.55. The van der Waals surface area contributed by atoms with Crippen molar-refractivity contribution in [1.29, 1.82) is 0 Å². The number of carbonyl (C=O) groups excluding carboxylic acids is 1. The summed E-state index contributed by atoms with van der Waals surface area (Å²) >= 11 is 0. The second kappa shape index (κ2) is 6.83. The van der Waals surface area contributed by atoms with E-state index in [2.05, 4.69) is 0 Å². The van der Waals surface area contributed by atoms with Gasteiger partial charge in [0.15, 0.2) is 0 Å². The van der Waals surface area contributed by atoms with Crippen LogP contribution in [0.2, 0.25) is 0 Å². The first-order chi connectivity index (χ1) is 9.77. The number of rotatable bonds is 6. The number of carboxylic acids is 1. The van der Waals surface area contributed by atoms with E-state index in [-0.39, 0.29) is 24.3 Å². The fraction of sp³-hybridized carbons (Fsp3) is 0.429. The highest BCUT2D eigenvalue weighted by Crippen LogP contribution is 2.22. The van der Waals surface area contributed by atoms with E-state index in [4.69, 9.17) is 5.11 Å². The van der Waals surface area contributed by atoms with Crippen LogP contribution in [0.5, 0.6) is 0 Å². The second-order valence-electron chi connectivity index (χ2n) is 4.86. The number of aliphatic carboxylic acids is 1. The maximum Gasteiger partial charge on any atom is 0.308 e. The lowest BCUT2D eigenvalue weighted by Gasteiger charge is -2.23. The van der Waals surface area contributed by atoms with Crippen LogP contribution in [-0.4, -0.2) is 39.9 Å². The van der Waals surface area contributed by atoms with Gasteiger partial charge in [-0.1, -0.05) is 13.0 Å². The summed E-state index contributed by atoms with van der Waals surface area (Å²) in [5.74, 6) is -2.28. The Labute approximate surface area is 122 Å². The molecular formula is C14H18N2O5. The largest absolute Gasteiger partial charge is 0.481 e. The first-order valence-corrected chi connectivity index (χ1v) is 6.55. The third kappa shape index (κ3) is 4.01. The molecular weight excluding hydrogens is 276 g/mol. The second-order valence-corrected chi connectivity index (χ2v) is 4.86. The predicted molar refractivity (Wildman–Crippen MR) is 76.2 cm³/mol. The number of hydrogen-bond acceptors (Lipinski definition) is 4. The molecule has 0 aliphatic rings. The summed E-state index contributed by atoms with van der Waals surface area (Å²) in [7, 11) is 0. The van der Waals surface area contributed by atoms with Gasteiger partial charge in [0.25, 0.3) is 11.6 Å². The maximum absolute atomic E-state index is 12.4. The lowest BCUT2D eigenvalue weighted by molar-refractivity contribution is -0.385. The van der Waals surface area contributed by atoms with Gasteiger partial charge in [0.2, 0.25) is 0 Å². The Balaban J connectivity index is 3.13. The van der Waals surface area contributed by atoms with Crippen LogP contribution in [0.15, 0.2) is 18.2 Å². The number of amides is 1. The van der Waals surface area contributed by atoms with E-state index in [1.165, 1.54) is 24.0 Å². The van der Waals surface area contributed by atoms with Crippen molar-refractivity contribution >= 4 is 17.6 Å². The molecule has 1 aromatic rings. The summed E-state index contributed by atoms with van der Waals surface area (Å²) in [4.78, 5) is 35.0. The molecule has 0 saturated heterocycles. The zero-order chi connectivity index (χ0) is 16.2. The van der Waals surface area contributed by atoms with Gasteiger partial charge in [0.05, 0.1) is 10.8 Å². The Hall–Kier alpha value is -2.44. The molecule has 0 heterocycles. The standard InChI is InChI=1S/C14H18N2O5/c1-4-15(8-10(3)14(18)19)13(17)11-7-9(2)5-6-12(11)16(20)21/h5-7,10H,4,8H2,1-3H3,(H,18,19). The van der Waals surface area contributed by atoms with Gasteiger partial charge in [0.1, 0.15) is 5.56 Å². The topological polar surface area (TPSA) is 101 Å². The molecule has 0 radical (unpaired) electrons. The molecule has 0 aromatic heterocycles. The van der Waals surface area contributed by atoms with Gasteiger partial charge in [-0.3, -0.25) is 19.7 Å². The minimum Gasteiger partial charge on any atom is -0.481 e. The summed E-state index contributed by atoms with van der Waals surface area (Å²) < 4.78 is 0. The fourth-order valence-electron chi connectivity index (χ4n) is 1.92. The van der Waals surface area contributed by atoms with E-state index in [0.717, 1.165) is 5.56 Å². The number of nitro benzene ring substituents is 1. The zero-order valence-corrected chi connectivity index (χ0v) is 12.2. The van der Waals surface area contributed by atoms with Gasteiger partial charge in [-0.2, -0.15) is 0 Å². The van der Waals surface area contributed by atoms with Gasteiger partial charge in [0, 0.05) is 19.2 Å². The summed E-state index contributed by atoms with van der Waals surface area (Å²) in [6.45, 7) is 5.21. The van der Waals surface area contributed by atoms with Gasteiger partial charge in [-0.15, -0.1) is 0 Å². The number of nitro groups is 1. The molecule has 0 fully saturated rings. The van der Waals surface area contributed by atoms with Gasteiger partial charge >= 0.3 is 5.97 Å². The van der Waals surface area contributed by atoms with E-state index in [9.17, 15) is 19.7 Å². The lowest BCUT2D eigenvalue weighted by Crippen LogP contribution is -2.37. The molecule has 7 heteroatoms. The molecule has 1 atom stereocenters. The number of nitrogens with zero attached hydrogens (tertiary/aromatic N) is 2. The summed E-state index contributed by atoms with van der Waals surface area (Å²) in [5, 5.41) is 19.9. The van der Waals surface area contributed by atoms with E-state index in [0.29, 0.717) is 0 Å². The van der Waals surface area contributed by atoms with Crippen molar-refractivity contribution in [3.05, 3.63) is 39.4 Å². The molecule has 0 saturated carbocycles. The van der Waals surface area contributed by atoms with Crippen LogP contribution in [-0.2, 0) is 4.79 Å². The highest BCUT2D eigenvalue weighted by Gasteiger charge is 2.26. The Kier molecular flexibility index (Phi) is 5.40. The quantitative estimate of drug-likeness (QED) is 0.639. The third-order valence-corrected chi connectivity index (χ3v) is 3.16. The minimum atomic E-state index is -1.01. The normalized spacial score (nSPS) is 11.8. The van der Waals surface area contributed by atoms with E-state index in [1.807, 2.05) is 0 Å². The van der Waals surface area contributed by atoms with E-state index >= 15 is 0 Å². The molecule has 114 valence electrons. The summed E-state index contributed by atoms with van der Waals surface area (Å²) in [6, 6.07) is 4.30. The van der Waals surface area contributed by atoms with Crippen LogP contribution in [0, 0.1) is 23.0 Å². The highest BCUT2D eigenvalue weighted by atomic mass is 16.6. The van der Waals surface area contributed by atoms with Crippen LogP contribution >= 0.6 is 0 Å². The molecule has 1 rings (SSSR count). The lowest BCUT2D eigenvalue weighted by atomic mass is 10.1.